The molecule has 1 aliphatic rings. The molecule has 1 unspecified atom stereocenters. The summed E-state index contributed by atoms with van der Waals surface area (Å²) in [6.07, 6.45) is 9.81. The highest BCUT2D eigenvalue weighted by Gasteiger charge is 2.42. The van der Waals surface area contributed by atoms with Crippen LogP contribution in [0.5, 0.6) is 11.5 Å². The lowest BCUT2D eigenvalue weighted by molar-refractivity contribution is -0.129. The Kier molecular flexibility index (Phi) is 8.98. The SMILES string of the molecule is CCCOc1ccc(C2C(C(=O)C=Cc3ccccc3)=C(O)C(=O)N2CCCn2ccnc2)cc1OCC. The lowest BCUT2D eigenvalue weighted by atomic mass is 9.95. The molecule has 0 saturated carbocycles. The first-order chi connectivity index (χ1) is 18.5. The number of aryl methyl sites for hydroxylation is 1. The smallest absolute Gasteiger partial charge is 0.290 e. The predicted octanol–water partition coefficient (Wildman–Crippen LogP) is 5.14. The van der Waals surface area contributed by atoms with Crippen LogP contribution in [0, 0.1) is 0 Å². The van der Waals surface area contributed by atoms with E-state index in [1.807, 2.05) is 61.0 Å². The third-order valence-electron chi connectivity index (χ3n) is 6.22. The van der Waals surface area contributed by atoms with Crippen molar-refractivity contribution in [3.8, 4) is 11.5 Å². The number of aromatic nitrogens is 2. The van der Waals surface area contributed by atoms with Crippen LogP contribution in [0.15, 0.2) is 84.7 Å². The fourth-order valence-corrected chi connectivity index (χ4v) is 4.45. The van der Waals surface area contributed by atoms with E-state index in [2.05, 4.69) is 4.98 Å². The Morgan fingerprint density at radius 3 is 2.61 bits per heavy atom. The molecule has 4 rings (SSSR count). The second-order valence-electron chi connectivity index (χ2n) is 8.91. The molecule has 3 aromatic rings. The summed E-state index contributed by atoms with van der Waals surface area (Å²) in [7, 11) is 0. The van der Waals surface area contributed by atoms with Gasteiger partial charge in [-0.1, -0.05) is 49.4 Å². The van der Waals surface area contributed by atoms with Crippen LogP contribution in [-0.2, 0) is 16.1 Å². The second kappa shape index (κ2) is 12.8. The number of rotatable bonds is 13. The lowest BCUT2D eigenvalue weighted by Crippen LogP contribution is -2.32. The van der Waals surface area contributed by atoms with Gasteiger partial charge in [0.05, 0.1) is 31.2 Å². The first kappa shape index (κ1) is 26.7. The highest BCUT2D eigenvalue weighted by Crippen LogP contribution is 2.41. The normalized spacial score (nSPS) is 15.5. The summed E-state index contributed by atoms with van der Waals surface area (Å²) in [4.78, 5) is 32.3. The van der Waals surface area contributed by atoms with Gasteiger partial charge >= 0.3 is 0 Å². The standard InChI is InChI=1S/C30H33N3O5/c1-3-19-38-25-14-12-23(20-26(25)37-4-2)28-27(24(34)13-11-22-9-6-5-7-10-22)29(35)30(36)33(28)17-8-16-32-18-15-31-21-32/h5-7,9-15,18,20-21,28,35H,3-4,8,16-17,19H2,1-2H3. The van der Waals surface area contributed by atoms with Crippen LogP contribution >= 0.6 is 0 Å². The van der Waals surface area contributed by atoms with E-state index in [1.165, 1.54) is 6.08 Å². The molecule has 8 nitrogen and oxygen atoms in total. The van der Waals surface area contributed by atoms with Crippen molar-refractivity contribution in [2.24, 2.45) is 0 Å². The molecule has 0 spiro atoms. The molecule has 2 aromatic carbocycles. The molecule has 0 radical (unpaired) electrons. The molecular formula is C30H33N3O5. The van der Waals surface area contributed by atoms with Gasteiger partial charge in [-0.25, -0.2) is 4.98 Å². The van der Waals surface area contributed by atoms with E-state index < -0.39 is 23.5 Å². The highest BCUT2D eigenvalue weighted by molar-refractivity contribution is 6.14. The number of hydrogen-bond acceptors (Lipinski definition) is 6. The summed E-state index contributed by atoms with van der Waals surface area (Å²) in [5.41, 5.74) is 1.55. The van der Waals surface area contributed by atoms with E-state index >= 15 is 0 Å². The quantitative estimate of drug-likeness (QED) is 0.317. The van der Waals surface area contributed by atoms with Crippen molar-refractivity contribution in [2.75, 3.05) is 19.8 Å². The maximum atomic E-state index is 13.4. The molecule has 8 heteroatoms. The van der Waals surface area contributed by atoms with Crippen molar-refractivity contribution in [3.63, 3.8) is 0 Å². The molecule has 0 fully saturated rings. The number of aliphatic hydroxyl groups excluding tert-OH is 1. The van der Waals surface area contributed by atoms with Gasteiger partial charge in [0.1, 0.15) is 0 Å². The molecule has 0 aliphatic carbocycles. The molecule has 1 aliphatic heterocycles. The van der Waals surface area contributed by atoms with Crippen molar-refractivity contribution in [1.82, 2.24) is 14.5 Å². The minimum atomic E-state index is -0.766. The van der Waals surface area contributed by atoms with Crippen molar-refractivity contribution in [2.45, 2.75) is 39.3 Å². The summed E-state index contributed by atoms with van der Waals surface area (Å²) < 4.78 is 13.6. The van der Waals surface area contributed by atoms with E-state index in [0.717, 1.165) is 12.0 Å². The minimum Gasteiger partial charge on any atom is -0.503 e. The van der Waals surface area contributed by atoms with Gasteiger partial charge in [0, 0.05) is 25.5 Å². The number of nitrogens with zero attached hydrogens (tertiary/aromatic N) is 3. The summed E-state index contributed by atoms with van der Waals surface area (Å²) in [6.45, 7) is 5.85. The zero-order valence-corrected chi connectivity index (χ0v) is 21.7. The fraction of sp³-hybridized carbons (Fsp3) is 0.300. The number of benzene rings is 2. The first-order valence-corrected chi connectivity index (χ1v) is 12.9. The number of aliphatic hydroxyl groups is 1. The number of ether oxygens (including phenoxy) is 2. The van der Waals surface area contributed by atoms with Crippen LogP contribution in [0.4, 0.5) is 0 Å². The van der Waals surface area contributed by atoms with Gasteiger partial charge in [-0.15, -0.1) is 0 Å². The zero-order chi connectivity index (χ0) is 26.9. The fourth-order valence-electron chi connectivity index (χ4n) is 4.45. The maximum Gasteiger partial charge on any atom is 0.290 e. The zero-order valence-electron chi connectivity index (χ0n) is 21.7. The third kappa shape index (κ3) is 6.14. The molecule has 1 atom stereocenters. The number of amides is 1. The molecular weight excluding hydrogens is 482 g/mol. The third-order valence-corrected chi connectivity index (χ3v) is 6.22. The number of ketones is 1. The van der Waals surface area contributed by atoms with Gasteiger partial charge < -0.3 is 24.0 Å². The Labute approximate surface area is 222 Å². The Hall–Kier alpha value is -4.33. The Morgan fingerprint density at radius 1 is 1.08 bits per heavy atom. The number of allylic oxidation sites excluding steroid dienone is 1. The Bertz CT molecular complexity index is 1300. The average molecular weight is 516 g/mol. The van der Waals surface area contributed by atoms with Gasteiger partial charge in [-0.05, 0) is 49.1 Å². The van der Waals surface area contributed by atoms with E-state index in [-0.39, 0.29) is 5.57 Å². The molecule has 0 saturated heterocycles. The topological polar surface area (TPSA) is 93.9 Å². The van der Waals surface area contributed by atoms with Crippen LogP contribution in [-0.4, -0.2) is 51.0 Å². The van der Waals surface area contributed by atoms with Crippen LogP contribution in [0.1, 0.15) is 43.9 Å². The van der Waals surface area contributed by atoms with E-state index in [4.69, 9.17) is 9.47 Å². The summed E-state index contributed by atoms with van der Waals surface area (Å²) in [5.74, 6) is -0.391. The summed E-state index contributed by atoms with van der Waals surface area (Å²) >= 11 is 0. The van der Waals surface area contributed by atoms with Crippen LogP contribution in [0.25, 0.3) is 6.08 Å². The van der Waals surface area contributed by atoms with E-state index in [0.29, 0.717) is 49.8 Å². The second-order valence-corrected chi connectivity index (χ2v) is 8.91. The van der Waals surface area contributed by atoms with Crippen LogP contribution in [0.2, 0.25) is 0 Å². The molecule has 0 bridgehead atoms. The highest BCUT2D eigenvalue weighted by atomic mass is 16.5. The Morgan fingerprint density at radius 2 is 1.89 bits per heavy atom. The van der Waals surface area contributed by atoms with Crippen molar-refractivity contribution < 1.29 is 24.2 Å². The number of imidazole rings is 1. The number of hydrogen-bond donors (Lipinski definition) is 1. The minimum absolute atomic E-state index is 0.0505. The van der Waals surface area contributed by atoms with Gasteiger partial charge in [0.25, 0.3) is 5.91 Å². The molecule has 2 heterocycles. The molecule has 1 N–H and O–H groups in total. The molecule has 1 amide bonds. The van der Waals surface area contributed by atoms with Crippen LogP contribution in [0.3, 0.4) is 0 Å². The average Bonchev–Trinajstić information content (AvgIpc) is 3.54. The van der Waals surface area contributed by atoms with Gasteiger partial charge in [0.2, 0.25) is 0 Å². The first-order valence-electron chi connectivity index (χ1n) is 12.9. The van der Waals surface area contributed by atoms with E-state index in [1.54, 1.807) is 35.6 Å². The van der Waals surface area contributed by atoms with Gasteiger partial charge in [-0.3, -0.25) is 9.59 Å². The lowest BCUT2D eigenvalue weighted by Gasteiger charge is -2.27. The van der Waals surface area contributed by atoms with Crippen LogP contribution < -0.4 is 9.47 Å². The van der Waals surface area contributed by atoms with Crippen molar-refractivity contribution in [3.05, 3.63) is 95.8 Å². The van der Waals surface area contributed by atoms with Gasteiger partial charge in [-0.2, -0.15) is 0 Å². The predicted molar refractivity (Wildman–Crippen MR) is 145 cm³/mol. The largest absolute Gasteiger partial charge is 0.503 e. The molecule has 38 heavy (non-hydrogen) atoms. The monoisotopic (exact) mass is 515 g/mol. The van der Waals surface area contributed by atoms with Crippen molar-refractivity contribution in [1.29, 1.82) is 0 Å². The summed E-state index contributed by atoms with van der Waals surface area (Å²) in [6, 6.07) is 14.0. The van der Waals surface area contributed by atoms with Crippen molar-refractivity contribution >= 4 is 17.8 Å². The molecule has 1 aromatic heterocycles. The number of carbonyl (C=O) groups excluding carboxylic acids is 2. The van der Waals surface area contributed by atoms with Gasteiger partial charge in [0.15, 0.2) is 23.0 Å². The van der Waals surface area contributed by atoms with E-state index in [9.17, 15) is 14.7 Å². The molecule has 198 valence electrons. The Balaban J connectivity index is 1.68. The summed E-state index contributed by atoms with van der Waals surface area (Å²) in [5, 5.41) is 10.9. The maximum absolute atomic E-state index is 13.4. The number of carbonyl (C=O) groups is 2.